The molecule has 0 bridgehead atoms. The molecule has 0 radical (unpaired) electrons. The first-order valence-corrected chi connectivity index (χ1v) is 7.45. The minimum atomic E-state index is -0.798. The maximum atomic E-state index is 11.8. The highest BCUT2D eigenvalue weighted by Crippen LogP contribution is 2.15. The summed E-state index contributed by atoms with van der Waals surface area (Å²) in [5.41, 5.74) is 0. The van der Waals surface area contributed by atoms with Gasteiger partial charge in [-0.25, -0.2) is 0 Å². The molecule has 1 rings (SSSR count). The van der Waals surface area contributed by atoms with Gasteiger partial charge in [-0.3, -0.25) is 9.00 Å². The van der Waals surface area contributed by atoms with Crippen LogP contribution >= 0.6 is 0 Å². The molecule has 0 spiro atoms. The Morgan fingerprint density at radius 3 is 2.75 bits per heavy atom. The van der Waals surface area contributed by atoms with Gasteiger partial charge in [0, 0.05) is 35.4 Å². The summed E-state index contributed by atoms with van der Waals surface area (Å²) in [5.74, 6) is 0.645. The molecule has 0 aromatic heterocycles. The third-order valence-corrected chi connectivity index (χ3v) is 4.64. The Labute approximate surface area is 100 Å². The molecule has 0 aromatic rings. The summed E-state index contributed by atoms with van der Waals surface area (Å²) in [6, 6.07) is 0. The molecule has 2 unspecified atom stereocenters. The Bertz CT molecular complexity index is 271. The molecule has 0 saturated carbocycles. The molecule has 1 saturated heterocycles. The van der Waals surface area contributed by atoms with E-state index in [0.717, 1.165) is 19.5 Å². The SMILES string of the molecule is CC(CCNC(=O)[C@@H]1CNC[C@H]1C)S(C)=O. The third-order valence-electron chi connectivity index (χ3n) is 3.27. The van der Waals surface area contributed by atoms with E-state index in [1.165, 1.54) is 0 Å². The van der Waals surface area contributed by atoms with Crippen molar-refractivity contribution in [3.8, 4) is 0 Å². The van der Waals surface area contributed by atoms with Gasteiger partial charge >= 0.3 is 0 Å². The molecule has 1 aliphatic heterocycles. The number of carbonyl (C=O) groups is 1. The lowest BCUT2D eigenvalue weighted by Crippen LogP contribution is -2.36. The third kappa shape index (κ3) is 3.87. The number of hydrogen-bond donors (Lipinski definition) is 2. The standard InChI is InChI=1S/C11H22N2O2S/c1-8-6-12-7-10(8)11(14)13-5-4-9(2)16(3)15/h8-10,12H,4-7H2,1-3H3,(H,13,14)/t8-,9?,10-,16?/m1/s1. The Morgan fingerprint density at radius 1 is 1.56 bits per heavy atom. The Morgan fingerprint density at radius 2 is 2.25 bits per heavy atom. The summed E-state index contributed by atoms with van der Waals surface area (Å²) < 4.78 is 11.1. The summed E-state index contributed by atoms with van der Waals surface area (Å²) in [4.78, 5) is 11.8. The summed E-state index contributed by atoms with van der Waals surface area (Å²) in [5, 5.41) is 6.29. The first-order valence-electron chi connectivity index (χ1n) is 5.83. The largest absolute Gasteiger partial charge is 0.356 e. The van der Waals surface area contributed by atoms with Gasteiger partial charge in [-0.2, -0.15) is 0 Å². The molecule has 0 aliphatic carbocycles. The summed E-state index contributed by atoms with van der Waals surface area (Å²) >= 11 is 0. The van der Waals surface area contributed by atoms with Crippen molar-refractivity contribution < 1.29 is 9.00 Å². The van der Waals surface area contributed by atoms with Crippen LogP contribution in [0.3, 0.4) is 0 Å². The molecule has 1 fully saturated rings. The smallest absolute Gasteiger partial charge is 0.224 e. The van der Waals surface area contributed by atoms with E-state index in [1.54, 1.807) is 6.26 Å². The van der Waals surface area contributed by atoms with E-state index in [9.17, 15) is 9.00 Å². The zero-order valence-electron chi connectivity index (χ0n) is 10.3. The minimum absolute atomic E-state index is 0.0995. The molecular weight excluding hydrogens is 224 g/mol. The fraction of sp³-hybridized carbons (Fsp3) is 0.909. The highest BCUT2D eigenvalue weighted by atomic mass is 32.2. The van der Waals surface area contributed by atoms with Gasteiger partial charge < -0.3 is 10.6 Å². The van der Waals surface area contributed by atoms with E-state index in [4.69, 9.17) is 0 Å². The van der Waals surface area contributed by atoms with Gasteiger partial charge in [0.1, 0.15) is 0 Å². The zero-order chi connectivity index (χ0) is 12.1. The lowest BCUT2D eigenvalue weighted by Gasteiger charge is -2.15. The van der Waals surface area contributed by atoms with E-state index in [-0.39, 0.29) is 17.1 Å². The van der Waals surface area contributed by atoms with Gasteiger partial charge in [0.15, 0.2) is 0 Å². The summed E-state index contributed by atoms with van der Waals surface area (Å²) in [7, 11) is -0.798. The average molecular weight is 246 g/mol. The molecular formula is C11H22N2O2S. The van der Waals surface area contributed by atoms with E-state index in [1.807, 2.05) is 6.92 Å². The second-order valence-electron chi connectivity index (χ2n) is 4.63. The van der Waals surface area contributed by atoms with Crippen LogP contribution in [-0.2, 0) is 15.6 Å². The first-order chi connectivity index (χ1) is 7.52. The van der Waals surface area contributed by atoms with Crippen molar-refractivity contribution in [3.63, 3.8) is 0 Å². The summed E-state index contributed by atoms with van der Waals surface area (Å²) in [6.07, 6.45) is 2.48. The van der Waals surface area contributed by atoms with Crippen LogP contribution in [0.25, 0.3) is 0 Å². The van der Waals surface area contributed by atoms with Crippen LogP contribution in [0.4, 0.5) is 0 Å². The highest BCUT2D eigenvalue weighted by molar-refractivity contribution is 7.84. The summed E-state index contributed by atoms with van der Waals surface area (Å²) in [6.45, 7) is 6.37. The molecule has 1 heterocycles. The molecule has 16 heavy (non-hydrogen) atoms. The van der Waals surface area contributed by atoms with Crippen LogP contribution in [0.5, 0.6) is 0 Å². The van der Waals surface area contributed by atoms with Crippen LogP contribution in [-0.4, -0.2) is 41.3 Å². The Balaban J connectivity index is 2.22. The molecule has 4 nitrogen and oxygen atoms in total. The van der Waals surface area contributed by atoms with E-state index < -0.39 is 10.8 Å². The number of carbonyl (C=O) groups excluding carboxylic acids is 1. The highest BCUT2D eigenvalue weighted by Gasteiger charge is 2.29. The topological polar surface area (TPSA) is 58.2 Å². The van der Waals surface area contributed by atoms with Crippen molar-refractivity contribution in [1.29, 1.82) is 0 Å². The Kier molecular flexibility index (Phi) is 5.41. The molecule has 1 aliphatic rings. The fourth-order valence-corrected chi connectivity index (χ4v) is 2.31. The fourth-order valence-electron chi connectivity index (χ4n) is 1.86. The van der Waals surface area contributed by atoms with Gasteiger partial charge in [-0.1, -0.05) is 13.8 Å². The van der Waals surface area contributed by atoms with E-state index >= 15 is 0 Å². The van der Waals surface area contributed by atoms with Gasteiger partial charge in [-0.05, 0) is 18.9 Å². The predicted molar refractivity (Wildman–Crippen MR) is 66.7 cm³/mol. The number of nitrogens with one attached hydrogen (secondary N) is 2. The van der Waals surface area contributed by atoms with E-state index in [2.05, 4.69) is 17.6 Å². The minimum Gasteiger partial charge on any atom is -0.356 e. The molecule has 94 valence electrons. The van der Waals surface area contributed by atoms with Crippen LogP contribution < -0.4 is 10.6 Å². The quantitative estimate of drug-likeness (QED) is 0.724. The molecule has 0 aromatic carbocycles. The monoisotopic (exact) mass is 246 g/mol. The van der Waals surface area contributed by atoms with E-state index in [0.29, 0.717) is 12.5 Å². The maximum absolute atomic E-state index is 11.8. The van der Waals surface area contributed by atoms with Crippen LogP contribution in [0.15, 0.2) is 0 Å². The number of amides is 1. The van der Waals surface area contributed by atoms with Crippen molar-refractivity contribution in [2.24, 2.45) is 11.8 Å². The van der Waals surface area contributed by atoms with Gasteiger partial charge in [0.2, 0.25) is 5.91 Å². The molecule has 1 amide bonds. The van der Waals surface area contributed by atoms with Crippen LogP contribution in [0.1, 0.15) is 20.3 Å². The van der Waals surface area contributed by atoms with Gasteiger partial charge in [0.05, 0.1) is 5.92 Å². The number of hydrogen-bond acceptors (Lipinski definition) is 3. The van der Waals surface area contributed by atoms with Gasteiger partial charge in [0.25, 0.3) is 0 Å². The lowest BCUT2D eigenvalue weighted by atomic mass is 9.97. The zero-order valence-corrected chi connectivity index (χ0v) is 11.1. The van der Waals surface area contributed by atoms with Crippen molar-refractivity contribution >= 4 is 16.7 Å². The van der Waals surface area contributed by atoms with Crippen molar-refractivity contribution in [2.45, 2.75) is 25.5 Å². The van der Waals surface area contributed by atoms with Crippen LogP contribution in [0, 0.1) is 11.8 Å². The van der Waals surface area contributed by atoms with Crippen molar-refractivity contribution in [2.75, 3.05) is 25.9 Å². The van der Waals surface area contributed by atoms with Gasteiger partial charge in [-0.15, -0.1) is 0 Å². The lowest BCUT2D eigenvalue weighted by molar-refractivity contribution is -0.125. The molecule has 4 atom stereocenters. The normalized spacial score (nSPS) is 28.7. The average Bonchev–Trinajstić information content (AvgIpc) is 2.64. The maximum Gasteiger partial charge on any atom is 0.224 e. The first kappa shape index (κ1) is 13.6. The Hall–Kier alpha value is -0.420. The molecule has 5 heteroatoms. The second kappa shape index (κ2) is 6.35. The van der Waals surface area contributed by atoms with Crippen LogP contribution in [0.2, 0.25) is 0 Å². The molecule has 2 N–H and O–H groups in total. The predicted octanol–water partition coefficient (Wildman–Crippen LogP) is 0.115. The number of rotatable bonds is 5. The van der Waals surface area contributed by atoms with Crippen molar-refractivity contribution in [1.82, 2.24) is 10.6 Å². The van der Waals surface area contributed by atoms with Crippen molar-refractivity contribution in [3.05, 3.63) is 0 Å². The second-order valence-corrected chi connectivity index (χ2v) is 6.43.